The lowest BCUT2D eigenvalue weighted by atomic mass is 10.1. The van der Waals surface area contributed by atoms with E-state index in [1.54, 1.807) is 24.3 Å². The fourth-order valence-corrected chi connectivity index (χ4v) is 2.71. The molecule has 2 aromatic carbocycles. The maximum absolute atomic E-state index is 12.0. The first-order chi connectivity index (χ1) is 11.4. The van der Waals surface area contributed by atoms with Gasteiger partial charge in [-0.05, 0) is 30.7 Å². The van der Waals surface area contributed by atoms with Crippen LogP contribution in [0.1, 0.15) is 18.5 Å². The number of nitrogens with zero attached hydrogens (tertiary/aromatic N) is 1. The Labute approximate surface area is 148 Å². The molecular formula is C16H15Cl2N3O3. The van der Waals surface area contributed by atoms with Crippen molar-refractivity contribution in [2.45, 2.75) is 13.0 Å². The van der Waals surface area contributed by atoms with Crippen LogP contribution in [0.4, 0.5) is 11.4 Å². The molecule has 8 heteroatoms. The number of carbonyl (C=O) groups is 1. The Hall–Kier alpha value is -2.15. The summed E-state index contributed by atoms with van der Waals surface area (Å²) in [5.41, 5.74) is 0.811. The molecular weight excluding hydrogens is 353 g/mol. The number of rotatable bonds is 6. The first-order valence-corrected chi connectivity index (χ1v) is 7.85. The molecule has 0 radical (unpaired) electrons. The van der Waals surface area contributed by atoms with Gasteiger partial charge in [0.25, 0.3) is 5.69 Å². The van der Waals surface area contributed by atoms with E-state index >= 15 is 0 Å². The fourth-order valence-electron chi connectivity index (χ4n) is 2.14. The van der Waals surface area contributed by atoms with Crippen LogP contribution in [-0.4, -0.2) is 17.4 Å². The van der Waals surface area contributed by atoms with Crippen molar-refractivity contribution in [3.63, 3.8) is 0 Å². The molecule has 0 aliphatic carbocycles. The van der Waals surface area contributed by atoms with Crippen molar-refractivity contribution in [1.29, 1.82) is 0 Å². The van der Waals surface area contributed by atoms with E-state index in [-0.39, 0.29) is 29.9 Å². The minimum atomic E-state index is -0.543. The molecule has 0 bridgehead atoms. The summed E-state index contributed by atoms with van der Waals surface area (Å²) >= 11 is 12.0. The normalized spacial score (nSPS) is 11.8. The van der Waals surface area contributed by atoms with Gasteiger partial charge in [-0.1, -0.05) is 41.4 Å². The molecule has 1 amide bonds. The third kappa shape index (κ3) is 4.67. The van der Waals surface area contributed by atoms with Crippen molar-refractivity contribution in [2.24, 2.45) is 0 Å². The molecule has 0 saturated heterocycles. The van der Waals surface area contributed by atoms with E-state index in [2.05, 4.69) is 10.6 Å². The van der Waals surface area contributed by atoms with Crippen LogP contribution in [0.25, 0.3) is 0 Å². The summed E-state index contributed by atoms with van der Waals surface area (Å²) in [7, 11) is 0. The lowest BCUT2D eigenvalue weighted by molar-refractivity contribution is -0.383. The standard InChI is InChI=1S/C16H15Cl2N3O3/c1-10(12-7-6-11(17)8-13(12)18)19-9-16(22)20-14-4-2-3-5-15(14)21(23)24/h2-8,10,19H,9H2,1H3,(H,20,22)/t10-/m1/s1. The average molecular weight is 368 g/mol. The van der Waals surface area contributed by atoms with Gasteiger partial charge in [0.2, 0.25) is 5.91 Å². The predicted octanol–water partition coefficient (Wildman–Crippen LogP) is 4.19. The zero-order chi connectivity index (χ0) is 17.7. The summed E-state index contributed by atoms with van der Waals surface area (Å²) in [5.74, 6) is -0.388. The zero-order valence-electron chi connectivity index (χ0n) is 12.8. The van der Waals surface area contributed by atoms with Gasteiger partial charge in [0.1, 0.15) is 5.69 Å². The maximum atomic E-state index is 12.0. The van der Waals surface area contributed by atoms with Gasteiger partial charge in [-0.15, -0.1) is 0 Å². The van der Waals surface area contributed by atoms with Gasteiger partial charge in [0.15, 0.2) is 0 Å². The number of para-hydroxylation sites is 2. The highest BCUT2D eigenvalue weighted by molar-refractivity contribution is 6.35. The van der Waals surface area contributed by atoms with Gasteiger partial charge in [-0.2, -0.15) is 0 Å². The number of hydrogen-bond acceptors (Lipinski definition) is 4. The molecule has 0 fully saturated rings. The second-order valence-electron chi connectivity index (χ2n) is 5.09. The number of hydrogen-bond donors (Lipinski definition) is 2. The van der Waals surface area contributed by atoms with Crippen LogP contribution in [-0.2, 0) is 4.79 Å². The summed E-state index contributed by atoms with van der Waals surface area (Å²) in [6.07, 6.45) is 0. The molecule has 2 rings (SSSR count). The van der Waals surface area contributed by atoms with E-state index in [9.17, 15) is 14.9 Å². The van der Waals surface area contributed by atoms with Crippen LogP contribution in [0.2, 0.25) is 10.0 Å². The Balaban J connectivity index is 1.97. The molecule has 6 nitrogen and oxygen atoms in total. The molecule has 2 aromatic rings. The number of benzene rings is 2. The molecule has 0 aliphatic rings. The zero-order valence-corrected chi connectivity index (χ0v) is 14.3. The first-order valence-electron chi connectivity index (χ1n) is 7.10. The van der Waals surface area contributed by atoms with Crippen LogP contribution in [0.3, 0.4) is 0 Å². The monoisotopic (exact) mass is 367 g/mol. The highest BCUT2D eigenvalue weighted by atomic mass is 35.5. The van der Waals surface area contributed by atoms with Crippen LogP contribution < -0.4 is 10.6 Å². The molecule has 2 N–H and O–H groups in total. The van der Waals surface area contributed by atoms with E-state index in [1.165, 1.54) is 18.2 Å². The summed E-state index contributed by atoms with van der Waals surface area (Å²) < 4.78 is 0. The highest BCUT2D eigenvalue weighted by Crippen LogP contribution is 2.26. The van der Waals surface area contributed by atoms with Crippen LogP contribution in [0, 0.1) is 10.1 Å². The van der Waals surface area contributed by atoms with E-state index in [4.69, 9.17) is 23.2 Å². The number of halogens is 2. The van der Waals surface area contributed by atoms with Crippen LogP contribution >= 0.6 is 23.2 Å². The van der Waals surface area contributed by atoms with Gasteiger partial charge >= 0.3 is 0 Å². The van der Waals surface area contributed by atoms with E-state index in [0.717, 1.165) is 5.56 Å². The van der Waals surface area contributed by atoms with Crippen molar-refractivity contribution < 1.29 is 9.72 Å². The van der Waals surface area contributed by atoms with E-state index < -0.39 is 4.92 Å². The van der Waals surface area contributed by atoms with Crippen molar-refractivity contribution in [3.05, 3.63) is 68.2 Å². The Kier molecular flexibility index (Phi) is 6.14. The molecule has 0 aliphatic heterocycles. The molecule has 0 saturated carbocycles. The van der Waals surface area contributed by atoms with Gasteiger partial charge in [0, 0.05) is 22.2 Å². The molecule has 126 valence electrons. The quantitative estimate of drug-likeness (QED) is 0.592. The van der Waals surface area contributed by atoms with Crippen molar-refractivity contribution in [2.75, 3.05) is 11.9 Å². The molecule has 24 heavy (non-hydrogen) atoms. The maximum Gasteiger partial charge on any atom is 0.292 e. The summed E-state index contributed by atoms with van der Waals surface area (Å²) in [5, 5.41) is 17.5. The van der Waals surface area contributed by atoms with Crippen LogP contribution in [0.15, 0.2) is 42.5 Å². The van der Waals surface area contributed by atoms with Crippen LogP contribution in [0.5, 0.6) is 0 Å². The van der Waals surface area contributed by atoms with Crippen molar-refractivity contribution in [1.82, 2.24) is 5.32 Å². The van der Waals surface area contributed by atoms with Gasteiger partial charge in [0.05, 0.1) is 11.5 Å². The second-order valence-corrected chi connectivity index (χ2v) is 5.93. The third-order valence-corrected chi connectivity index (χ3v) is 3.94. The number of nitrogens with one attached hydrogen (secondary N) is 2. The lowest BCUT2D eigenvalue weighted by Gasteiger charge is -2.15. The minimum Gasteiger partial charge on any atom is -0.319 e. The average Bonchev–Trinajstić information content (AvgIpc) is 2.53. The summed E-state index contributed by atoms with van der Waals surface area (Å²) in [6.45, 7) is 1.83. The van der Waals surface area contributed by atoms with Gasteiger partial charge < -0.3 is 10.6 Å². The van der Waals surface area contributed by atoms with Crippen molar-refractivity contribution in [3.8, 4) is 0 Å². The Morgan fingerprint density at radius 2 is 1.96 bits per heavy atom. The number of nitro benzene ring substituents is 1. The van der Waals surface area contributed by atoms with Gasteiger partial charge in [-0.3, -0.25) is 14.9 Å². The number of carbonyl (C=O) groups excluding carboxylic acids is 1. The molecule has 0 heterocycles. The topological polar surface area (TPSA) is 84.3 Å². The Morgan fingerprint density at radius 1 is 1.25 bits per heavy atom. The smallest absolute Gasteiger partial charge is 0.292 e. The molecule has 0 aromatic heterocycles. The van der Waals surface area contributed by atoms with E-state index in [1.807, 2.05) is 6.92 Å². The van der Waals surface area contributed by atoms with Crippen molar-refractivity contribution >= 4 is 40.5 Å². The highest BCUT2D eigenvalue weighted by Gasteiger charge is 2.16. The van der Waals surface area contributed by atoms with Gasteiger partial charge in [-0.25, -0.2) is 0 Å². The molecule has 1 atom stereocenters. The predicted molar refractivity (Wildman–Crippen MR) is 94.6 cm³/mol. The fraction of sp³-hybridized carbons (Fsp3) is 0.188. The number of nitro groups is 1. The Bertz CT molecular complexity index is 768. The number of anilines is 1. The summed E-state index contributed by atoms with van der Waals surface area (Å²) in [6, 6.07) is 10.9. The molecule has 0 unspecified atom stereocenters. The first kappa shape index (κ1) is 18.2. The minimum absolute atomic E-state index is 0.0217. The SMILES string of the molecule is C[C@@H](NCC(=O)Nc1ccccc1[N+](=O)[O-])c1ccc(Cl)cc1Cl. The largest absolute Gasteiger partial charge is 0.319 e. The second kappa shape index (κ2) is 8.10. The lowest BCUT2D eigenvalue weighted by Crippen LogP contribution is -2.30. The van der Waals surface area contributed by atoms with E-state index in [0.29, 0.717) is 10.0 Å². The summed E-state index contributed by atoms with van der Waals surface area (Å²) in [4.78, 5) is 22.4. The Morgan fingerprint density at radius 3 is 2.62 bits per heavy atom. The third-order valence-electron chi connectivity index (χ3n) is 3.37. The number of amides is 1. The molecule has 0 spiro atoms.